The van der Waals surface area contributed by atoms with Crippen molar-refractivity contribution in [3.8, 4) is 11.1 Å². The summed E-state index contributed by atoms with van der Waals surface area (Å²) in [6.45, 7) is 3.87. The smallest absolute Gasteiger partial charge is 0.0950 e. The molecule has 0 spiro atoms. The summed E-state index contributed by atoms with van der Waals surface area (Å²) in [7, 11) is 0. The maximum Gasteiger partial charge on any atom is 0.0950 e. The molecule has 0 saturated carbocycles. The van der Waals surface area contributed by atoms with Crippen molar-refractivity contribution < 1.29 is 4.74 Å². The lowest BCUT2D eigenvalue weighted by Crippen LogP contribution is -2.40. The Bertz CT molecular complexity index is 642. The Kier molecular flexibility index (Phi) is 2.86. The highest BCUT2D eigenvalue weighted by Gasteiger charge is 2.23. The van der Waals surface area contributed by atoms with Crippen molar-refractivity contribution in [1.29, 1.82) is 0 Å². The average molecular weight is 265 g/mol. The Balaban J connectivity index is 1.65. The fourth-order valence-electron chi connectivity index (χ4n) is 3.27. The molecule has 1 fully saturated rings. The molecule has 4 rings (SSSR count). The van der Waals surface area contributed by atoms with Gasteiger partial charge in [-0.05, 0) is 41.2 Å². The van der Waals surface area contributed by atoms with E-state index in [0.29, 0.717) is 6.04 Å². The maximum absolute atomic E-state index is 5.95. The van der Waals surface area contributed by atoms with Crippen LogP contribution in [0.5, 0.6) is 0 Å². The summed E-state index contributed by atoms with van der Waals surface area (Å²) in [6, 6.07) is 16.0. The number of nitrogens with one attached hydrogen (secondary N) is 1. The van der Waals surface area contributed by atoms with Gasteiger partial charge in [0.1, 0.15) is 0 Å². The quantitative estimate of drug-likeness (QED) is 0.729. The Morgan fingerprint density at radius 2 is 1.90 bits per heavy atom. The summed E-state index contributed by atoms with van der Waals surface area (Å²) >= 11 is 0. The molecule has 0 bridgehead atoms. The Morgan fingerprint density at radius 3 is 2.75 bits per heavy atom. The second-order valence-electron chi connectivity index (χ2n) is 5.88. The van der Waals surface area contributed by atoms with E-state index in [1.807, 2.05) is 0 Å². The highest BCUT2D eigenvalue weighted by atomic mass is 16.5. The Hall–Kier alpha value is -1.64. The van der Waals surface area contributed by atoms with Crippen LogP contribution in [0.3, 0.4) is 0 Å². The van der Waals surface area contributed by atoms with Crippen molar-refractivity contribution in [1.82, 2.24) is 5.32 Å². The summed E-state index contributed by atoms with van der Waals surface area (Å²) in [4.78, 5) is 0. The van der Waals surface area contributed by atoms with Crippen LogP contribution in [0.15, 0.2) is 42.5 Å². The van der Waals surface area contributed by atoms with Crippen LogP contribution >= 0.6 is 0 Å². The fraction of sp³-hybridized carbons (Fsp3) is 0.333. The molecular formula is C18H19NO. The SMILES string of the molecule is CC1COC(c2ccc3c(c2)Cc2ccccc2-3)CN1. The number of morpholine rings is 1. The number of hydrogen-bond donors (Lipinski definition) is 1. The van der Waals surface area contributed by atoms with Gasteiger partial charge in [0.05, 0.1) is 12.7 Å². The van der Waals surface area contributed by atoms with Crippen molar-refractivity contribution in [2.24, 2.45) is 0 Å². The predicted molar refractivity (Wildman–Crippen MR) is 80.8 cm³/mol. The van der Waals surface area contributed by atoms with Gasteiger partial charge in [-0.1, -0.05) is 42.5 Å². The lowest BCUT2D eigenvalue weighted by atomic mass is 10.00. The van der Waals surface area contributed by atoms with Crippen LogP contribution in [0.1, 0.15) is 29.7 Å². The van der Waals surface area contributed by atoms with Gasteiger partial charge in [-0.3, -0.25) is 0 Å². The van der Waals surface area contributed by atoms with Gasteiger partial charge in [0.25, 0.3) is 0 Å². The van der Waals surface area contributed by atoms with Crippen LogP contribution in [-0.4, -0.2) is 19.2 Å². The van der Waals surface area contributed by atoms with Crippen LogP contribution < -0.4 is 5.32 Å². The van der Waals surface area contributed by atoms with E-state index >= 15 is 0 Å². The summed E-state index contributed by atoms with van der Waals surface area (Å²) in [5.74, 6) is 0. The number of benzene rings is 2. The summed E-state index contributed by atoms with van der Waals surface area (Å²) in [5, 5.41) is 3.49. The van der Waals surface area contributed by atoms with Crippen molar-refractivity contribution >= 4 is 0 Å². The van der Waals surface area contributed by atoms with Crippen LogP contribution in [-0.2, 0) is 11.2 Å². The van der Waals surface area contributed by atoms with Gasteiger partial charge < -0.3 is 10.1 Å². The zero-order chi connectivity index (χ0) is 13.5. The third-order valence-electron chi connectivity index (χ3n) is 4.39. The molecule has 102 valence electrons. The third-order valence-corrected chi connectivity index (χ3v) is 4.39. The van der Waals surface area contributed by atoms with Gasteiger partial charge in [-0.15, -0.1) is 0 Å². The Labute approximate surface area is 119 Å². The number of ether oxygens (including phenoxy) is 1. The summed E-state index contributed by atoms with van der Waals surface area (Å²) in [5.41, 5.74) is 6.96. The number of rotatable bonds is 1. The van der Waals surface area contributed by atoms with Gasteiger partial charge in [0, 0.05) is 12.6 Å². The molecule has 0 amide bonds. The lowest BCUT2D eigenvalue weighted by Gasteiger charge is -2.28. The fourth-order valence-corrected chi connectivity index (χ4v) is 3.27. The molecule has 2 atom stereocenters. The van der Waals surface area contributed by atoms with E-state index < -0.39 is 0 Å². The predicted octanol–water partition coefficient (Wildman–Crippen LogP) is 3.31. The molecule has 2 aliphatic rings. The first-order chi connectivity index (χ1) is 9.81. The highest BCUT2D eigenvalue weighted by Crippen LogP contribution is 2.37. The molecule has 2 nitrogen and oxygen atoms in total. The molecule has 1 N–H and O–H groups in total. The zero-order valence-electron chi connectivity index (χ0n) is 11.7. The van der Waals surface area contributed by atoms with E-state index in [-0.39, 0.29) is 6.10 Å². The molecule has 1 heterocycles. The van der Waals surface area contributed by atoms with Crippen LogP contribution in [0.25, 0.3) is 11.1 Å². The molecule has 2 aromatic carbocycles. The zero-order valence-corrected chi connectivity index (χ0v) is 11.7. The van der Waals surface area contributed by atoms with Crippen molar-refractivity contribution in [3.05, 3.63) is 59.2 Å². The second kappa shape index (κ2) is 4.72. The van der Waals surface area contributed by atoms with Gasteiger partial charge in [0.2, 0.25) is 0 Å². The lowest BCUT2D eigenvalue weighted by molar-refractivity contribution is 0.00693. The molecule has 1 aliphatic heterocycles. The first kappa shape index (κ1) is 12.1. The van der Waals surface area contributed by atoms with Gasteiger partial charge in [-0.2, -0.15) is 0 Å². The summed E-state index contributed by atoms with van der Waals surface area (Å²) < 4.78 is 5.95. The first-order valence-electron chi connectivity index (χ1n) is 7.37. The van der Waals surface area contributed by atoms with Gasteiger partial charge in [0.15, 0.2) is 0 Å². The average Bonchev–Trinajstić information content (AvgIpc) is 2.85. The highest BCUT2D eigenvalue weighted by molar-refractivity contribution is 5.76. The van der Waals surface area contributed by atoms with Crippen molar-refractivity contribution in [2.45, 2.75) is 25.5 Å². The van der Waals surface area contributed by atoms with Crippen LogP contribution in [0.4, 0.5) is 0 Å². The van der Waals surface area contributed by atoms with E-state index in [4.69, 9.17) is 4.74 Å². The number of fused-ring (bicyclic) bond motifs is 3. The molecule has 0 radical (unpaired) electrons. The molecule has 2 unspecified atom stereocenters. The van der Waals surface area contributed by atoms with Gasteiger partial charge >= 0.3 is 0 Å². The third kappa shape index (κ3) is 1.96. The normalized spacial score (nSPS) is 24.2. The molecule has 1 saturated heterocycles. The van der Waals surface area contributed by atoms with E-state index in [1.54, 1.807) is 0 Å². The molecular weight excluding hydrogens is 246 g/mol. The van der Waals surface area contributed by atoms with E-state index in [9.17, 15) is 0 Å². The molecule has 2 heteroatoms. The molecule has 1 aliphatic carbocycles. The van der Waals surface area contributed by atoms with E-state index in [0.717, 1.165) is 19.6 Å². The maximum atomic E-state index is 5.95. The minimum atomic E-state index is 0.195. The Morgan fingerprint density at radius 1 is 1.05 bits per heavy atom. The number of hydrogen-bond acceptors (Lipinski definition) is 2. The first-order valence-corrected chi connectivity index (χ1v) is 7.37. The second-order valence-corrected chi connectivity index (χ2v) is 5.88. The van der Waals surface area contributed by atoms with Crippen LogP contribution in [0, 0.1) is 0 Å². The minimum Gasteiger partial charge on any atom is -0.371 e. The minimum absolute atomic E-state index is 0.195. The van der Waals surface area contributed by atoms with E-state index in [2.05, 4.69) is 54.7 Å². The van der Waals surface area contributed by atoms with Gasteiger partial charge in [-0.25, -0.2) is 0 Å². The monoisotopic (exact) mass is 265 g/mol. The molecule has 0 aromatic heterocycles. The largest absolute Gasteiger partial charge is 0.371 e. The molecule has 20 heavy (non-hydrogen) atoms. The molecule has 2 aromatic rings. The topological polar surface area (TPSA) is 21.3 Å². The van der Waals surface area contributed by atoms with Crippen molar-refractivity contribution in [3.63, 3.8) is 0 Å². The summed E-state index contributed by atoms with van der Waals surface area (Å²) in [6.07, 6.45) is 1.25. The standard InChI is InChI=1S/C18H19NO/c1-12-11-20-18(10-19-12)14-6-7-17-15(9-14)8-13-4-2-3-5-16(13)17/h2-7,9,12,18-19H,8,10-11H2,1H3. The van der Waals surface area contributed by atoms with Crippen molar-refractivity contribution in [2.75, 3.05) is 13.2 Å². The van der Waals surface area contributed by atoms with E-state index in [1.165, 1.54) is 27.8 Å². The van der Waals surface area contributed by atoms with Crippen LogP contribution in [0.2, 0.25) is 0 Å².